The van der Waals surface area contributed by atoms with Crippen molar-refractivity contribution in [3.05, 3.63) is 289 Å². The van der Waals surface area contributed by atoms with E-state index in [1.54, 1.807) is 0 Å². The Morgan fingerprint density at radius 1 is 0.500 bits per heavy atom. The van der Waals surface area contributed by atoms with Gasteiger partial charge in [-0.1, -0.05) is 189 Å². The van der Waals surface area contributed by atoms with Crippen LogP contribution in [0.4, 0.5) is 11.4 Å². The van der Waals surface area contributed by atoms with Crippen molar-refractivity contribution in [2.75, 3.05) is 4.90 Å². The van der Waals surface area contributed by atoms with Gasteiger partial charge in [-0.25, -0.2) is 0 Å². The average Bonchev–Trinajstić information content (AvgIpc) is 4.07. The van der Waals surface area contributed by atoms with E-state index in [-0.39, 0.29) is 5.54 Å². The molecule has 10 aromatic carbocycles. The third-order valence-corrected chi connectivity index (χ3v) is 15.8. The van der Waals surface area contributed by atoms with E-state index in [1.807, 2.05) is 0 Å². The Morgan fingerprint density at radius 2 is 1.07 bits per heavy atom. The Hall–Kier alpha value is -9.31. The lowest BCUT2D eigenvalue weighted by atomic mass is 9.79. The minimum atomic E-state index is -0.264. The van der Waals surface area contributed by atoms with Crippen molar-refractivity contribution in [1.29, 1.82) is 0 Å². The molecule has 0 saturated heterocycles. The van der Waals surface area contributed by atoms with Gasteiger partial charge in [0.2, 0.25) is 0 Å². The van der Waals surface area contributed by atoms with Crippen LogP contribution in [-0.2, 0) is 0 Å². The van der Waals surface area contributed by atoms with Crippen LogP contribution in [0.2, 0.25) is 0 Å². The molecule has 0 spiro atoms. The molecule has 11 aromatic rings. The largest absolute Gasteiger partial charge is 0.331 e. The smallest absolute Gasteiger partial charge is 0.0796 e. The van der Waals surface area contributed by atoms with E-state index in [0.29, 0.717) is 0 Å². The Balaban J connectivity index is 0.910. The highest BCUT2D eigenvalue weighted by Gasteiger charge is 2.46. The first-order chi connectivity index (χ1) is 36.4. The van der Waals surface area contributed by atoms with Crippen LogP contribution in [0.25, 0.3) is 88.5 Å². The van der Waals surface area contributed by atoms with Crippen LogP contribution in [-0.4, -0.2) is 15.8 Å². The van der Waals surface area contributed by atoms with Crippen molar-refractivity contribution in [1.82, 2.24) is 4.57 Å². The Morgan fingerprint density at radius 3 is 1.77 bits per heavy atom. The molecule has 2 heterocycles. The second-order valence-corrected chi connectivity index (χ2v) is 20.2. The molecular weight excluding hydrogens is 895 g/mol. The van der Waals surface area contributed by atoms with Crippen LogP contribution >= 0.6 is 0 Å². The molecule has 3 heteroatoms. The molecule has 3 aliphatic rings. The van der Waals surface area contributed by atoms with Gasteiger partial charge in [-0.05, 0) is 159 Å². The predicted molar refractivity (Wildman–Crippen MR) is 314 cm³/mol. The molecule has 0 fully saturated rings. The standard InChI is InChI=1S/C71H51N3/c1-46(68-59-31-17-25-51-26-18-32-60(69(51)59)70(68)72-47(2)48-19-8-4-9-20-48)52-27-16-30-58(41-52)73-65-36-33-53(49-21-10-5-11-22-49)42-61(65)62-43-55(34-37-66(62)73)56-39-40-71(3)64(45-56)63-44-54(50-23-12-6-13-24-50)35-38-67(63)74(71)57-28-14-7-15-29-57/h4-39,41-45H,1,40H2,2-3H3. The first-order valence-corrected chi connectivity index (χ1v) is 25.7. The molecule has 74 heavy (non-hydrogen) atoms. The van der Waals surface area contributed by atoms with Gasteiger partial charge in [0, 0.05) is 50.2 Å². The molecule has 0 N–H and O–H groups in total. The maximum absolute atomic E-state index is 5.43. The second-order valence-electron chi connectivity index (χ2n) is 20.2. The minimum Gasteiger partial charge on any atom is -0.331 e. The molecular formula is C71H51N3. The van der Waals surface area contributed by atoms with Crippen LogP contribution in [0.15, 0.2) is 260 Å². The SMILES string of the molecule is C=C(C1=C(N=C(C)c2ccccc2)c2cccc3cccc1c23)c1cccc(-n2c3ccc(C4=CCC5(C)C(=C4)c4cc(-c6ccccc6)ccc4N5c4ccccc4)cc3c3cc(-c4ccccc4)ccc32)c1. The molecule has 1 atom stereocenters. The lowest BCUT2D eigenvalue weighted by Gasteiger charge is -2.39. The molecule has 0 radical (unpaired) electrons. The fraction of sp³-hybridized carbons (Fsp3) is 0.0563. The minimum absolute atomic E-state index is 0.264. The summed E-state index contributed by atoms with van der Waals surface area (Å²) in [6.45, 7) is 9.41. The van der Waals surface area contributed by atoms with Gasteiger partial charge in [0.15, 0.2) is 0 Å². The third-order valence-electron chi connectivity index (χ3n) is 15.8. The Labute approximate surface area is 432 Å². The van der Waals surface area contributed by atoms with Gasteiger partial charge < -0.3 is 9.47 Å². The monoisotopic (exact) mass is 945 g/mol. The number of hydrogen-bond donors (Lipinski definition) is 0. The molecule has 350 valence electrons. The molecule has 14 rings (SSSR count). The van der Waals surface area contributed by atoms with E-state index in [4.69, 9.17) is 11.6 Å². The van der Waals surface area contributed by atoms with Crippen molar-refractivity contribution in [3.8, 4) is 27.9 Å². The van der Waals surface area contributed by atoms with Gasteiger partial charge in [0.05, 0.1) is 22.3 Å². The number of benzene rings is 10. The third kappa shape index (κ3) is 6.92. The summed E-state index contributed by atoms with van der Waals surface area (Å²) in [6.07, 6.45) is 5.80. The summed E-state index contributed by atoms with van der Waals surface area (Å²) >= 11 is 0. The van der Waals surface area contributed by atoms with Gasteiger partial charge in [0.25, 0.3) is 0 Å². The summed E-state index contributed by atoms with van der Waals surface area (Å²) in [5.41, 5.74) is 23.9. The Kier molecular flexibility index (Phi) is 10.1. The van der Waals surface area contributed by atoms with Crippen LogP contribution in [0.1, 0.15) is 53.6 Å². The fourth-order valence-corrected chi connectivity index (χ4v) is 12.2. The van der Waals surface area contributed by atoms with Crippen molar-refractivity contribution in [2.24, 2.45) is 4.99 Å². The summed E-state index contributed by atoms with van der Waals surface area (Å²) in [6, 6.07) is 86.0. The number of fused-ring (bicyclic) bond motifs is 6. The Bertz CT molecular complexity index is 4220. The summed E-state index contributed by atoms with van der Waals surface area (Å²) in [5, 5.41) is 4.86. The van der Waals surface area contributed by atoms with E-state index >= 15 is 0 Å². The highest BCUT2D eigenvalue weighted by molar-refractivity contribution is 6.26. The van der Waals surface area contributed by atoms with Gasteiger partial charge >= 0.3 is 0 Å². The molecule has 3 nitrogen and oxygen atoms in total. The zero-order valence-electron chi connectivity index (χ0n) is 41.4. The zero-order valence-corrected chi connectivity index (χ0v) is 41.4. The van der Waals surface area contributed by atoms with Crippen LogP contribution in [0.5, 0.6) is 0 Å². The molecule has 0 bridgehead atoms. The molecule has 2 aliphatic carbocycles. The highest BCUT2D eigenvalue weighted by Crippen LogP contribution is 2.56. The summed E-state index contributed by atoms with van der Waals surface area (Å²) < 4.78 is 2.44. The topological polar surface area (TPSA) is 20.5 Å². The first-order valence-electron chi connectivity index (χ1n) is 25.7. The highest BCUT2D eigenvalue weighted by atomic mass is 15.2. The predicted octanol–water partition coefficient (Wildman–Crippen LogP) is 18.5. The number of allylic oxidation sites excluding steroid dienone is 4. The van der Waals surface area contributed by atoms with Crippen molar-refractivity contribution in [3.63, 3.8) is 0 Å². The van der Waals surface area contributed by atoms with Gasteiger partial charge in [0.1, 0.15) is 0 Å². The quantitative estimate of drug-likeness (QED) is 0.132. The molecule has 1 aliphatic heterocycles. The van der Waals surface area contributed by atoms with Crippen LogP contribution in [0, 0.1) is 0 Å². The van der Waals surface area contributed by atoms with Crippen molar-refractivity contribution in [2.45, 2.75) is 25.8 Å². The maximum Gasteiger partial charge on any atom is 0.0796 e. The lowest BCUT2D eigenvalue weighted by Crippen LogP contribution is -2.40. The lowest BCUT2D eigenvalue weighted by molar-refractivity contribution is 0.608. The van der Waals surface area contributed by atoms with E-state index in [9.17, 15) is 0 Å². The second kappa shape index (κ2) is 17.2. The van der Waals surface area contributed by atoms with Gasteiger partial charge in [-0.3, -0.25) is 4.99 Å². The zero-order chi connectivity index (χ0) is 49.5. The van der Waals surface area contributed by atoms with Crippen molar-refractivity contribution >= 4 is 77.7 Å². The van der Waals surface area contributed by atoms with E-state index in [2.05, 4.69) is 272 Å². The van der Waals surface area contributed by atoms with E-state index in [0.717, 1.165) is 62.4 Å². The maximum atomic E-state index is 5.43. The van der Waals surface area contributed by atoms with Crippen LogP contribution in [0.3, 0.4) is 0 Å². The average molecular weight is 946 g/mol. The van der Waals surface area contributed by atoms with Crippen LogP contribution < -0.4 is 4.90 Å². The number of para-hydroxylation sites is 1. The molecule has 1 unspecified atom stereocenters. The number of rotatable bonds is 9. The summed E-state index contributed by atoms with van der Waals surface area (Å²) in [5.74, 6) is 0. The normalized spacial score (nSPS) is 15.9. The molecule has 0 amide bonds. The number of hydrogen-bond acceptors (Lipinski definition) is 2. The van der Waals surface area contributed by atoms with Gasteiger partial charge in [-0.2, -0.15) is 0 Å². The number of aliphatic imine (C=N–C) groups is 1. The molecule has 1 aromatic heterocycles. The number of nitrogens with zero attached hydrogens (tertiary/aromatic N) is 3. The van der Waals surface area contributed by atoms with Gasteiger partial charge in [-0.15, -0.1) is 0 Å². The number of aromatic nitrogens is 1. The molecule has 0 saturated carbocycles. The first kappa shape index (κ1) is 43.5. The van der Waals surface area contributed by atoms with Crippen molar-refractivity contribution < 1.29 is 0 Å². The summed E-state index contributed by atoms with van der Waals surface area (Å²) in [7, 11) is 0. The number of anilines is 2. The van der Waals surface area contributed by atoms with E-state index < -0.39 is 0 Å². The summed E-state index contributed by atoms with van der Waals surface area (Å²) in [4.78, 5) is 7.99. The van der Waals surface area contributed by atoms with E-state index in [1.165, 1.54) is 83.0 Å². The fourth-order valence-electron chi connectivity index (χ4n) is 12.2.